The monoisotopic (exact) mass is 487 g/mol. The number of nitrogens with zero attached hydrogens (tertiary/aromatic N) is 4. The molecule has 2 heterocycles. The van der Waals surface area contributed by atoms with Crippen LogP contribution in [0, 0.1) is 0 Å². The largest absolute Gasteiger partial charge is 0.497 e. The number of allylic oxidation sites excluding steroid dienone is 3. The molecule has 9 nitrogen and oxygen atoms in total. The van der Waals surface area contributed by atoms with Gasteiger partial charge in [-0.1, -0.05) is 12.2 Å². The fourth-order valence-corrected chi connectivity index (χ4v) is 4.17. The van der Waals surface area contributed by atoms with Crippen LogP contribution in [0.15, 0.2) is 70.1 Å². The second kappa shape index (κ2) is 10.9. The van der Waals surface area contributed by atoms with Crippen LogP contribution in [0.25, 0.3) is 22.3 Å². The number of carbonyl (C=O) groups is 1. The second-order valence-electron chi connectivity index (χ2n) is 8.20. The summed E-state index contributed by atoms with van der Waals surface area (Å²) in [4.78, 5) is 40.9. The Hall–Kier alpha value is -4.40. The van der Waals surface area contributed by atoms with Gasteiger partial charge in [0.2, 0.25) is 0 Å². The lowest BCUT2D eigenvalue weighted by atomic mass is 10.1. The number of aliphatic imine (C=N–C) groups is 1. The predicted octanol–water partition coefficient (Wildman–Crippen LogP) is 3.42. The topological polar surface area (TPSA) is 100 Å². The highest BCUT2D eigenvalue weighted by molar-refractivity contribution is 5.94. The first-order valence-electron chi connectivity index (χ1n) is 11.6. The van der Waals surface area contributed by atoms with E-state index in [1.54, 1.807) is 36.3 Å². The number of amides is 1. The Bertz CT molecular complexity index is 1380. The molecule has 0 unspecified atom stereocenters. The van der Waals surface area contributed by atoms with Crippen LogP contribution in [-0.4, -0.2) is 67.9 Å². The van der Waals surface area contributed by atoms with E-state index in [1.807, 2.05) is 37.3 Å². The van der Waals surface area contributed by atoms with Crippen LogP contribution in [0.3, 0.4) is 0 Å². The highest BCUT2D eigenvalue weighted by atomic mass is 16.5. The summed E-state index contributed by atoms with van der Waals surface area (Å²) in [6.45, 7) is 7.97. The summed E-state index contributed by atoms with van der Waals surface area (Å²) in [7, 11) is 3.06. The molecule has 36 heavy (non-hydrogen) atoms. The van der Waals surface area contributed by atoms with Gasteiger partial charge in [0, 0.05) is 49.6 Å². The summed E-state index contributed by atoms with van der Waals surface area (Å²) in [5, 5.41) is 0.376. The molecular formula is C27H29N5O4. The Balaban J connectivity index is 1.51. The van der Waals surface area contributed by atoms with E-state index in [0.717, 1.165) is 11.3 Å². The number of hydrogen-bond acceptors (Lipinski definition) is 7. The number of H-pyrrole nitrogens is 1. The summed E-state index contributed by atoms with van der Waals surface area (Å²) >= 11 is 0. The minimum absolute atomic E-state index is 0.113. The third kappa shape index (κ3) is 5.00. The molecule has 0 aliphatic carbocycles. The van der Waals surface area contributed by atoms with Gasteiger partial charge >= 0.3 is 0 Å². The lowest BCUT2D eigenvalue weighted by molar-refractivity contribution is -0.127. The maximum Gasteiger partial charge on any atom is 0.272 e. The number of anilines is 1. The van der Waals surface area contributed by atoms with Crippen LogP contribution >= 0.6 is 0 Å². The third-order valence-corrected chi connectivity index (χ3v) is 6.11. The van der Waals surface area contributed by atoms with Crippen molar-refractivity contribution < 1.29 is 14.3 Å². The van der Waals surface area contributed by atoms with Gasteiger partial charge in [-0.3, -0.25) is 14.6 Å². The van der Waals surface area contributed by atoms with Crippen LogP contribution in [-0.2, 0) is 4.79 Å². The Labute approximate surface area is 209 Å². The van der Waals surface area contributed by atoms with Crippen molar-refractivity contribution in [3.05, 3.63) is 70.7 Å². The molecule has 0 spiro atoms. The highest BCUT2D eigenvalue weighted by Crippen LogP contribution is 2.29. The summed E-state index contributed by atoms with van der Waals surface area (Å²) in [5.74, 6) is 1.32. The fraction of sp³-hybridized carbons (Fsp3) is 0.259. The first-order valence-corrected chi connectivity index (χ1v) is 11.6. The maximum atomic E-state index is 12.8. The Morgan fingerprint density at radius 1 is 1.11 bits per heavy atom. The zero-order chi connectivity index (χ0) is 25.7. The summed E-state index contributed by atoms with van der Waals surface area (Å²) < 4.78 is 10.7. The van der Waals surface area contributed by atoms with Gasteiger partial charge in [-0.25, -0.2) is 4.98 Å². The van der Waals surface area contributed by atoms with E-state index >= 15 is 0 Å². The van der Waals surface area contributed by atoms with E-state index in [-0.39, 0.29) is 11.5 Å². The van der Waals surface area contributed by atoms with E-state index in [0.29, 0.717) is 60.1 Å². The van der Waals surface area contributed by atoms with Gasteiger partial charge in [0.05, 0.1) is 19.7 Å². The molecule has 4 rings (SSSR count). The second-order valence-corrected chi connectivity index (χ2v) is 8.20. The van der Waals surface area contributed by atoms with E-state index < -0.39 is 0 Å². The number of fused-ring (bicyclic) bond motifs is 1. The van der Waals surface area contributed by atoms with E-state index in [1.165, 1.54) is 7.11 Å². The minimum Gasteiger partial charge on any atom is -0.497 e. The molecule has 1 aromatic heterocycles. The summed E-state index contributed by atoms with van der Waals surface area (Å²) in [6, 6.07) is 11.2. The van der Waals surface area contributed by atoms with Crippen molar-refractivity contribution >= 4 is 29.2 Å². The minimum atomic E-state index is -0.281. The molecule has 186 valence electrons. The van der Waals surface area contributed by atoms with Crippen molar-refractivity contribution in [3.8, 4) is 22.9 Å². The summed E-state index contributed by atoms with van der Waals surface area (Å²) in [6.07, 6.45) is 5.30. The number of aromatic nitrogens is 2. The Morgan fingerprint density at radius 3 is 2.44 bits per heavy atom. The molecule has 1 saturated heterocycles. The molecular weight excluding hydrogens is 458 g/mol. The average molecular weight is 488 g/mol. The van der Waals surface area contributed by atoms with Crippen molar-refractivity contribution in [2.45, 2.75) is 6.92 Å². The summed E-state index contributed by atoms with van der Waals surface area (Å²) in [5.41, 5.74) is 2.37. The van der Waals surface area contributed by atoms with Crippen LogP contribution < -0.4 is 19.9 Å². The number of piperazine rings is 1. The van der Waals surface area contributed by atoms with Crippen LogP contribution in [0.1, 0.15) is 6.92 Å². The van der Waals surface area contributed by atoms with Crippen molar-refractivity contribution in [1.29, 1.82) is 0 Å². The number of rotatable bonds is 7. The van der Waals surface area contributed by atoms with Crippen LogP contribution in [0.4, 0.5) is 5.69 Å². The molecule has 9 heteroatoms. The van der Waals surface area contributed by atoms with Crippen molar-refractivity contribution in [3.63, 3.8) is 0 Å². The number of carbonyl (C=O) groups excluding carboxylic acids is 1. The van der Waals surface area contributed by atoms with E-state index in [9.17, 15) is 9.59 Å². The Kier molecular flexibility index (Phi) is 7.48. The predicted molar refractivity (Wildman–Crippen MR) is 142 cm³/mol. The van der Waals surface area contributed by atoms with Gasteiger partial charge in [-0.05, 0) is 44.0 Å². The normalized spacial score (nSPS) is 14.4. The van der Waals surface area contributed by atoms with Crippen LogP contribution in [0.2, 0.25) is 0 Å². The van der Waals surface area contributed by atoms with Gasteiger partial charge in [0.15, 0.2) is 0 Å². The number of ether oxygens (including phenoxy) is 2. The number of nitrogens with one attached hydrogen (secondary N) is 1. The van der Waals surface area contributed by atoms with Crippen molar-refractivity contribution in [1.82, 2.24) is 14.9 Å². The van der Waals surface area contributed by atoms with E-state index in [4.69, 9.17) is 9.47 Å². The molecule has 0 radical (unpaired) electrons. The quantitative estimate of drug-likeness (QED) is 0.311. The average Bonchev–Trinajstić information content (AvgIpc) is 2.92. The zero-order valence-electron chi connectivity index (χ0n) is 20.7. The molecule has 2 aromatic carbocycles. The van der Waals surface area contributed by atoms with E-state index in [2.05, 4.69) is 26.6 Å². The number of benzene rings is 2. The number of hydrogen-bond donors (Lipinski definition) is 1. The first kappa shape index (κ1) is 24.7. The van der Waals surface area contributed by atoms with Gasteiger partial charge < -0.3 is 24.3 Å². The lowest BCUT2D eigenvalue weighted by Gasteiger charge is -2.36. The third-order valence-electron chi connectivity index (χ3n) is 6.11. The van der Waals surface area contributed by atoms with Gasteiger partial charge in [0.1, 0.15) is 28.4 Å². The standard InChI is InChI=1S/C27H29N5O4/c1-5-6-7-21(28-2)27(34)32-14-12-31(13-15-32)19-10-8-18(9-11-19)25-29-22-16-20(35-3)17-23(36-4)24(22)26(33)30-25/h5-11,16-17H,2,12-15H2,1,3-4H3,(H,29,30,33)/b6-5-,21-7-. The highest BCUT2D eigenvalue weighted by Gasteiger charge is 2.23. The molecule has 0 atom stereocenters. The lowest BCUT2D eigenvalue weighted by Crippen LogP contribution is -2.49. The molecule has 0 bridgehead atoms. The number of aromatic amines is 1. The molecule has 1 aliphatic heterocycles. The van der Waals surface area contributed by atoms with Gasteiger partial charge in [-0.2, -0.15) is 0 Å². The molecule has 3 aromatic rings. The SMILES string of the molecule is C=N/C(=C\C=C/C)C(=O)N1CCN(c2ccc(-c3nc4cc(OC)cc(OC)c4c(=O)[nH]3)cc2)CC1. The molecule has 1 N–H and O–H groups in total. The van der Waals surface area contributed by atoms with Crippen molar-refractivity contribution in [2.75, 3.05) is 45.3 Å². The zero-order valence-corrected chi connectivity index (χ0v) is 20.7. The number of methoxy groups -OCH3 is 2. The Morgan fingerprint density at radius 2 is 1.83 bits per heavy atom. The first-order chi connectivity index (χ1) is 17.5. The van der Waals surface area contributed by atoms with Gasteiger partial charge in [0.25, 0.3) is 11.5 Å². The molecule has 0 saturated carbocycles. The molecule has 1 fully saturated rings. The van der Waals surface area contributed by atoms with Gasteiger partial charge in [-0.15, -0.1) is 0 Å². The molecule has 1 aliphatic rings. The maximum absolute atomic E-state index is 12.8. The van der Waals surface area contributed by atoms with Crippen molar-refractivity contribution in [2.24, 2.45) is 4.99 Å². The molecule has 1 amide bonds. The van der Waals surface area contributed by atoms with Crippen LogP contribution in [0.5, 0.6) is 11.5 Å². The smallest absolute Gasteiger partial charge is 0.272 e. The fourth-order valence-electron chi connectivity index (χ4n) is 4.17.